The van der Waals surface area contributed by atoms with Crippen LogP contribution in [0.15, 0.2) is 53.5 Å². The molecule has 0 fully saturated rings. The number of hydrogen-bond donors (Lipinski definition) is 3. The summed E-state index contributed by atoms with van der Waals surface area (Å²) in [5.74, 6) is 1.20. The first-order valence-corrected chi connectivity index (χ1v) is 10.2. The van der Waals surface area contributed by atoms with Crippen LogP contribution in [0.1, 0.15) is 50.8 Å². The summed E-state index contributed by atoms with van der Waals surface area (Å²) >= 11 is 0. The van der Waals surface area contributed by atoms with Crippen LogP contribution >= 0.6 is 24.0 Å². The zero-order valence-electron chi connectivity index (χ0n) is 18.0. The van der Waals surface area contributed by atoms with Gasteiger partial charge in [-0.1, -0.05) is 31.2 Å². The molecule has 0 heterocycles. The molecule has 6 nitrogen and oxygen atoms in total. The summed E-state index contributed by atoms with van der Waals surface area (Å²) in [6.07, 6.45) is 2.01. The number of nitrogens with zero attached hydrogens (tertiary/aromatic N) is 1. The van der Waals surface area contributed by atoms with E-state index in [0.717, 1.165) is 23.4 Å². The Morgan fingerprint density at radius 1 is 1.17 bits per heavy atom. The van der Waals surface area contributed by atoms with Gasteiger partial charge in [-0.2, -0.15) is 0 Å². The topological polar surface area (TPSA) is 88.7 Å². The Hall–Kier alpha value is -2.29. The molecular formula is C23H33IN4O2. The first-order valence-electron chi connectivity index (χ1n) is 10.2. The van der Waals surface area contributed by atoms with Gasteiger partial charge in [-0.25, -0.2) is 0 Å². The average molecular weight is 524 g/mol. The molecule has 7 heteroatoms. The van der Waals surface area contributed by atoms with Gasteiger partial charge in [0.2, 0.25) is 5.91 Å². The number of nitrogens with one attached hydrogen (secondary N) is 2. The summed E-state index contributed by atoms with van der Waals surface area (Å²) in [5.41, 5.74) is 9.14. The number of carbonyl (C=O) groups is 1. The molecule has 2 aromatic carbocycles. The molecule has 1 atom stereocenters. The Bertz CT molecular complexity index is 809. The summed E-state index contributed by atoms with van der Waals surface area (Å²) in [7, 11) is 0. The van der Waals surface area contributed by atoms with Crippen molar-refractivity contribution in [3.63, 3.8) is 0 Å². The zero-order valence-corrected chi connectivity index (χ0v) is 20.3. The number of aliphatic imine (C=N–C) groups is 1. The normalized spacial score (nSPS) is 11.9. The van der Waals surface area contributed by atoms with Crippen molar-refractivity contribution in [2.75, 3.05) is 18.5 Å². The molecule has 0 aliphatic rings. The molecule has 4 N–H and O–H groups in total. The molecular weight excluding hydrogens is 491 g/mol. The second-order valence-electron chi connectivity index (χ2n) is 6.84. The Kier molecular flexibility index (Phi) is 11.9. The monoisotopic (exact) mass is 524 g/mol. The molecule has 0 saturated heterocycles. The maximum atomic E-state index is 12.2. The second kappa shape index (κ2) is 13.8. The number of amides is 1. The predicted molar refractivity (Wildman–Crippen MR) is 135 cm³/mol. The number of rotatable bonds is 10. The molecule has 0 radical (unpaired) electrons. The summed E-state index contributed by atoms with van der Waals surface area (Å²) < 4.78 is 5.44. The first kappa shape index (κ1) is 25.7. The fourth-order valence-electron chi connectivity index (χ4n) is 2.91. The largest absolute Gasteiger partial charge is 0.494 e. The minimum Gasteiger partial charge on any atom is -0.494 e. The van der Waals surface area contributed by atoms with Crippen LogP contribution in [0.3, 0.4) is 0 Å². The second-order valence-corrected chi connectivity index (χ2v) is 6.84. The average Bonchev–Trinajstić information content (AvgIpc) is 2.72. The van der Waals surface area contributed by atoms with Crippen molar-refractivity contribution in [1.82, 2.24) is 5.32 Å². The van der Waals surface area contributed by atoms with Crippen molar-refractivity contribution in [2.24, 2.45) is 10.7 Å². The fourth-order valence-corrected chi connectivity index (χ4v) is 2.91. The van der Waals surface area contributed by atoms with Gasteiger partial charge in [0.05, 0.1) is 12.6 Å². The van der Waals surface area contributed by atoms with E-state index >= 15 is 0 Å². The van der Waals surface area contributed by atoms with Crippen LogP contribution in [-0.4, -0.2) is 25.0 Å². The lowest BCUT2D eigenvalue weighted by atomic mass is 10.1. The van der Waals surface area contributed by atoms with Gasteiger partial charge >= 0.3 is 0 Å². The van der Waals surface area contributed by atoms with Gasteiger partial charge in [-0.15, -0.1) is 24.0 Å². The van der Waals surface area contributed by atoms with Crippen LogP contribution in [0.2, 0.25) is 0 Å². The van der Waals surface area contributed by atoms with E-state index in [2.05, 4.69) is 34.7 Å². The third-order valence-corrected chi connectivity index (χ3v) is 4.52. The van der Waals surface area contributed by atoms with E-state index in [9.17, 15) is 4.79 Å². The maximum absolute atomic E-state index is 12.2. The molecule has 0 spiro atoms. The summed E-state index contributed by atoms with van der Waals surface area (Å²) in [6, 6.07) is 15.8. The molecule has 2 rings (SSSR count). The van der Waals surface area contributed by atoms with Gasteiger partial charge < -0.3 is 21.1 Å². The summed E-state index contributed by atoms with van der Waals surface area (Å²) in [4.78, 5) is 16.5. The molecule has 0 saturated carbocycles. The van der Waals surface area contributed by atoms with Crippen LogP contribution in [0.25, 0.3) is 0 Å². The lowest BCUT2D eigenvalue weighted by Crippen LogP contribution is -2.26. The molecule has 0 aliphatic carbocycles. The van der Waals surface area contributed by atoms with Gasteiger partial charge in [-0.3, -0.25) is 9.79 Å². The number of ether oxygens (including phenoxy) is 1. The highest BCUT2D eigenvalue weighted by Gasteiger charge is 2.09. The highest BCUT2D eigenvalue weighted by molar-refractivity contribution is 14.0. The van der Waals surface area contributed by atoms with Gasteiger partial charge in [-0.05, 0) is 62.1 Å². The van der Waals surface area contributed by atoms with E-state index in [0.29, 0.717) is 32.0 Å². The zero-order chi connectivity index (χ0) is 21.1. The summed E-state index contributed by atoms with van der Waals surface area (Å²) in [6.45, 7) is 7.17. The van der Waals surface area contributed by atoms with Crippen LogP contribution in [0, 0.1) is 0 Å². The quantitative estimate of drug-likeness (QED) is 0.183. The van der Waals surface area contributed by atoms with Gasteiger partial charge in [0.25, 0.3) is 0 Å². The van der Waals surface area contributed by atoms with E-state index in [-0.39, 0.29) is 35.9 Å². The number of halogens is 1. The molecule has 0 aromatic heterocycles. The number of anilines is 1. The Balaban J connectivity index is 0.00000450. The number of guanidine groups is 1. The third kappa shape index (κ3) is 9.02. The molecule has 1 amide bonds. The minimum absolute atomic E-state index is 0. The van der Waals surface area contributed by atoms with E-state index in [1.54, 1.807) is 0 Å². The minimum atomic E-state index is -0.0562. The van der Waals surface area contributed by atoms with Crippen molar-refractivity contribution in [2.45, 2.75) is 46.1 Å². The van der Waals surface area contributed by atoms with Gasteiger partial charge in [0.15, 0.2) is 5.96 Å². The van der Waals surface area contributed by atoms with E-state index in [1.807, 2.05) is 50.2 Å². The van der Waals surface area contributed by atoms with E-state index < -0.39 is 0 Å². The molecule has 1 unspecified atom stereocenters. The van der Waals surface area contributed by atoms with Crippen LogP contribution < -0.4 is 21.1 Å². The van der Waals surface area contributed by atoms with Crippen molar-refractivity contribution < 1.29 is 9.53 Å². The molecule has 2 aromatic rings. The maximum Gasteiger partial charge on any atom is 0.220 e. The Morgan fingerprint density at radius 3 is 2.57 bits per heavy atom. The van der Waals surface area contributed by atoms with Crippen LogP contribution in [-0.2, 0) is 11.2 Å². The number of hydrogen-bond acceptors (Lipinski definition) is 3. The van der Waals surface area contributed by atoms with Crippen molar-refractivity contribution in [3.8, 4) is 5.75 Å². The number of aryl methyl sites for hydroxylation is 1. The summed E-state index contributed by atoms with van der Waals surface area (Å²) in [5, 5.41) is 6.10. The van der Waals surface area contributed by atoms with Crippen LogP contribution in [0.5, 0.6) is 5.75 Å². The van der Waals surface area contributed by atoms with E-state index in [1.165, 1.54) is 5.56 Å². The molecule has 30 heavy (non-hydrogen) atoms. The standard InChI is InChI=1S/C23H32N4O2.HI/c1-4-18-8-6-9-20(16-18)27-23(24)25-15-7-10-22(28)26-17(3)19-11-13-21(14-12-19)29-5-2;/h6,8-9,11-14,16-17H,4-5,7,10,15H2,1-3H3,(H,26,28)(H3,24,25,27);1H. The van der Waals surface area contributed by atoms with Gasteiger partial charge in [0, 0.05) is 18.7 Å². The molecule has 0 bridgehead atoms. The molecule has 0 aliphatic heterocycles. The SMILES string of the molecule is CCOc1ccc(C(C)NC(=O)CCCN=C(N)Nc2cccc(CC)c2)cc1.I. The number of benzene rings is 2. The fraction of sp³-hybridized carbons (Fsp3) is 0.391. The van der Waals surface area contributed by atoms with Crippen molar-refractivity contribution in [1.29, 1.82) is 0 Å². The predicted octanol–water partition coefficient (Wildman–Crippen LogP) is 4.65. The third-order valence-electron chi connectivity index (χ3n) is 4.52. The lowest BCUT2D eigenvalue weighted by Gasteiger charge is -2.15. The Morgan fingerprint density at radius 2 is 1.90 bits per heavy atom. The molecule has 164 valence electrons. The van der Waals surface area contributed by atoms with Crippen molar-refractivity contribution >= 4 is 41.5 Å². The van der Waals surface area contributed by atoms with E-state index in [4.69, 9.17) is 10.5 Å². The number of carbonyl (C=O) groups excluding carboxylic acids is 1. The van der Waals surface area contributed by atoms with Crippen LogP contribution in [0.4, 0.5) is 5.69 Å². The number of nitrogens with two attached hydrogens (primary N) is 1. The Labute approximate surface area is 196 Å². The highest BCUT2D eigenvalue weighted by atomic mass is 127. The van der Waals surface area contributed by atoms with Gasteiger partial charge in [0.1, 0.15) is 5.75 Å². The smallest absolute Gasteiger partial charge is 0.220 e. The lowest BCUT2D eigenvalue weighted by molar-refractivity contribution is -0.121. The highest BCUT2D eigenvalue weighted by Crippen LogP contribution is 2.17. The van der Waals surface area contributed by atoms with Crippen molar-refractivity contribution in [3.05, 3.63) is 59.7 Å². The first-order chi connectivity index (χ1) is 14.0.